The molecule has 0 fully saturated rings. The molecule has 0 aliphatic carbocycles. The van der Waals surface area contributed by atoms with Gasteiger partial charge in [-0.15, -0.1) is 11.3 Å². The van der Waals surface area contributed by atoms with Crippen molar-refractivity contribution in [2.24, 2.45) is 0 Å². The molecule has 0 bridgehead atoms. The van der Waals surface area contributed by atoms with Gasteiger partial charge >= 0.3 is 5.97 Å². The van der Waals surface area contributed by atoms with Gasteiger partial charge in [0.05, 0.1) is 6.54 Å². The SMILES string of the molecule is CCCN(CC(=O)O)Cc1ccc(-c2ccc(F)cc2)s1. The lowest BCUT2D eigenvalue weighted by molar-refractivity contribution is -0.138. The molecule has 0 radical (unpaired) electrons. The van der Waals surface area contributed by atoms with Crippen LogP contribution in [0.1, 0.15) is 18.2 Å². The molecule has 0 amide bonds. The predicted molar refractivity (Wildman–Crippen MR) is 82.9 cm³/mol. The van der Waals surface area contributed by atoms with E-state index in [-0.39, 0.29) is 12.4 Å². The van der Waals surface area contributed by atoms with Crippen LogP contribution in [-0.2, 0) is 11.3 Å². The molecule has 0 aliphatic heterocycles. The maximum atomic E-state index is 12.9. The second-order valence-corrected chi connectivity index (χ2v) is 6.05. The zero-order valence-electron chi connectivity index (χ0n) is 11.9. The van der Waals surface area contributed by atoms with E-state index < -0.39 is 5.97 Å². The lowest BCUT2D eigenvalue weighted by Crippen LogP contribution is -2.29. The molecular weight excluding hydrogens is 289 g/mol. The molecule has 21 heavy (non-hydrogen) atoms. The van der Waals surface area contributed by atoms with Gasteiger partial charge in [0.2, 0.25) is 0 Å². The highest BCUT2D eigenvalue weighted by Crippen LogP contribution is 2.29. The van der Waals surface area contributed by atoms with Crippen LogP contribution in [0.5, 0.6) is 0 Å². The smallest absolute Gasteiger partial charge is 0.317 e. The number of nitrogens with zero attached hydrogens (tertiary/aromatic N) is 1. The molecule has 2 rings (SSSR count). The number of carboxylic acid groups (broad SMARTS) is 1. The van der Waals surface area contributed by atoms with E-state index in [1.165, 1.54) is 12.1 Å². The fraction of sp³-hybridized carbons (Fsp3) is 0.312. The standard InChI is InChI=1S/C16H18FNO2S/c1-2-9-18(11-16(19)20)10-14-7-8-15(21-14)12-3-5-13(17)6-4-12/h3-8H,2,9-11H2,1H3,(H,19,20). The van der Waals surface area contributed by atoms with Crippen LogP contribution in [0.2, 0.25) is 0 Å². The Morgan fingerprint density at radius 3 is 2.57 bits per heavy atom. The fourth-order valence-corrected chi connectivity index (χ4v) is 3.23. The van der Waals surface area contributed by atoms with Gasteiger partial charge in [-0.25, -0.2) is 4.39 Å². The van der Waals surface area contributed by atoms with E-state index in [1.807, 2.05) is 24.0 Å². The van der Waals surface area contributed by atoms with Gasteiger partial charge in [0.25, 0.3) is 0 Å². The number of rotatable bonds is 7. The Bertz CT molecular complexity index is 595. The van der Waals surface area contributed by atoms with Crippen molar-refractivity contribution in [1.29, 1.82) is 0 Å². The molecule has 0 aliphatic rings. The highest BCUT2D eigenvalue weighted by molar-refractivity contribution is 7.15. The molecule has 0 spiro atoms. The minimum absolute atomic E-state index is 0.0532. The van der Waals surface area contributed by atoms with E-state index in [1.54, 1.807) is 23.5 Å². The highest BCUT2D eigenvalue weighted by Gasteiger charge is 2.11. The van der Waals surface area contributed by atoms with Gasteiger partial charge in [0.15, 0.2) is 0 Å². The van der Waals surface area contributed by atoms with Crippen molar-refractivity contribution in [3.05, 3.63) is 47.1 Å². The molecule has 0 saturated carbocycles. The molecule has 0 unspecified atom stereocenters. The summed E-state index contributed by atoms with van der Waals surface area (Å²) in [6.45, 7) is 3.48. The summed E-state index contributed by atoms with van der Waals surface area (Å²) in [4.78, 5) is 15.0. The van der Waals surface area contributed by atoms with Gasteiger partial charge in [0, 0.05) is 16.3 Å². The van der Waals surface area contributed by atoms with Crippen LogP contribution in [0.3, 0.4) is 0 Å². The first-order valence-corrected chi connectivity index (χ1v) is 7.69. The summed E-state index contributed by atoms with van der Waals surface area (Å²) in [5, 5.41) is 8.92. The Morgan fingerprint density at radius 2 is 1.95 bits per heavy atom. The van der Waals surface area contributed by atoms with Gasteiger partial charge in [-0.3, -0.25) is 9.69 Å². The van der Waals surface area contributed by atoms with Crippen LogP contribution in [0.15, 0.2) is 36.4 Å². The van der Waals surface area contributed by atoms with E-state index in [0.29, 0.717) is 6.54 Å². The molecule has 3 nitrogen and oxygen atoms in total. The summed E-state index contributed by atoms with van der Waals surface area (Å²) in [5.41, 5.74) is 0.980. The van der Waals surface area contributed by atoms with Crippen LogP contribution in [0.25, 0.3) is 10.4 Å². The number of benzene rings is 1. The van der Waals surface area contributed by atoms with Gasteiger partial charge in [-0.1, -0.05) is 19.1 Å². The third kappa shape index (κ3) is 4.65. The average molecular weight is 307 g/mol. The van der Waals surface area contributed by atoms with Crippen LogP contribution in [-0.4, -0.2) is 29.1 Å². The van der Waals surface area contributed by atoms with Crippen LogP contribution >= 0.6 is 11.3 Å². The minimum atomic E-state index is -0.807. The number of halogens is 1. The van der Waals surface area contributed by atoms with Gasteiger partial charge in [-0.05, 0) is 42.8 Å². The summed E-state index contributed by atoms with van der Waals surface area (Å²) in [6, 6.07) is 10.4. The predicted octanol–water partition coefficient (Wildman–Crippen LogP) is 3.85. The Labute approximate surface area is 127 Å². The van der Waals surface area contributed by atoms with Crippen molar-refractivity contribution in [1.82, 2.24) is 4.90 Å². The van der Waals surface area contributed by atoms with Gasteiger partial charge in [0.1, 0.15) is 5.82 Å². The first kappa shape index (κ1) is 15.7. The molecule has 0 saturated heterocycles. The summed E-state index contributed by atoms with van der Waals surface area (Å²) >= 11 is 1.62. The number of thiophene rings is 1. The maximum absolute atomic E-state index is 12.9. The van der Waals surface area contributed by atoms with E-state index in [0.717, 1.165) is 28.3 Å². The quantitative estimate of drug-likeness (QED) is 0.844. The normalized spacial score (nSPS) is 11.0. The summed E-state index contributed by atoms with van der Waals surface area (Å²) in [5.74, 6) is -1.05. The molecular formula is C16H18FNO2S. The van der Waals surface area contributed by atoms with Crippen molar-refractivity contribution in [2.45, 2.75) is 19.9 Å². The van der Waals surface area contributed by atoms with Crippen LogP contribution in [0.4, 0.5) is 4.39 Å². The van der Waals surface area contributed by atoms with E-state index in [9.17, 15) is 9.18 Å². The van der Waals surface area contributed by atoms with Crippen LogP contribution in [0, 0.1) is 5.82 Å². The maximum Gasteiger partial charge on any atom is 0.317 e. The van der Waals surface area contributed by atoms with Gasteiger partial charge in [-0.2, -0.15) is 0 Å². The third-order valence-electron chi connectivity index (χ3n) is 3.07. The largest absolute Gasteiger partial charge is 0.480 e. The monoisotopic (exact) mass is 307 g/mol. The summed E-state index contributed by atoms with van der Waals surface area (Å²) in [7, 11) is 0. The van der Waals surface area contributed by atoms with Crippen molar-refractivity contribution in [2.75, 3.05) is 13.1 Å². The van der Waals surface area contributed by atoms with Crippen molar-refractivity contribution in [3.63, 3.8) is 0 Å². The number of hydrogen-bond acceptors (Lipinski definition) is 3. The Kier molecular flexibility index (Phi) is 5.47. The topological polar surface area (TPSA) is 40.5 Å². The highest BCUT2D eigenvalue weighted by atomic mass is 32.1. The van der Waals surface area contributed by atoms with Crippen molar-refractivity contribution < 1.29 is 14.3 Å². The molecule has 1 N–H and O–H groups in total. The second-order valence-electron chi connectivity index (χ2n) is 4.88. The summed E-state index contributed by atoms with van der Waals surface area (Å²) < 4.78 is 12.9. The number of aliphatic carboxylic acids is 1. The zero-order chi connectivity index (χ0) is 15.2. The van der Waals surface area contributed by atoms with Crippen LogP contribution < -0.4 is 0 Å². The first-order chi connectivity index (χ1) is 10.1. The molecule has 1 heterocycles. The molecule has 0 atom stereocenters. The number of hydrogen-bond donors (Lipinski definition) is 1. The lowest BCUT2D eigenvalue weighted by atomic mass is 10.2. The molecule has 1 aromatic heterocycles. The number of carboxylic acids is 1. The lowest BCUT2D eigenvalue weighted by Gasteiger charge is -2.18. The molecule has 5 heteroatoms. The third-order valence-corrected chi connectivity index (χ3v) is 4.19. The molecule has 2 aromatic rings. The Morgan fingerprint density at radius 1 is 1.24 bits per heavy atom. The molecule has 112 valence electrons. The first-order valence-electron chi connectivity index (χ1n) is 6.87. The zero-order valence-corrected chi connectivity index (χ0v) is 12.7. The van der Waals surface area contributed by atoms with Crippen molar-refractivity contribution in [3.8, 4) is 10.4 Å². The average Bonchev–Trinajstić information content (AvgIpc) is 2.87. The van der Waals surface area contributed by atoms with Crippen molar-refractivity contribution >= 4 is 17.3 Å². The minimum Gasteiger partial charge on any atom is -0.480 e. The second kappa shape index (κ2) is 7.33. The van der Waals surface area contributed by atoms with E-state index in [4.69, 9.17) is 5.11 Å². The molecule has 1 aromatic carbocycles. The van der Waals surface area contributed by atoms with Gasteiger partial charge < -0.3 is 5.11 Å². The van der Waals surface area contributed by atoms with E-state index in [2.05, 4.69) is 0 Å². The fourth-order valence-electron chi connectivity index (χ4n) is 2.17. The summed E-state index contributed by atoms with van der Waals surface area (Å²) in [6.07, 6.45) is 0.920. The Hall–Kier alpha value is -1.72. The van der Waals surface area contributed by atoms with E-state index >= 15 is 0 Å². The Balaban J connectivity index is 2.07. The number of carbonyl (C=O) groups is 1.